The molecule has 0 saturated carbocycles. The number of H-pyrrole nitrogens is 1. The summed E-state index contributed by atoms with van der Waals surface area (Å²) < 4.78 is 10.6. The van der Waals surface area contributed by atoms with E-state index in [0.717, 1.165) is 17.3 Å². The molecule has 1 aromatic heterocycles. The predicted octanol–water partition coefficient (Wildman–Crippen LogP) is 3.52. The standard InChI is InChI=1S/C19H19N5O5S/c1-3-29-15-7-5-4-6-13(15)18-21-19(23-22-18)30-11-17(25)20-12-8-9-14(24(26)27)16(10-12)28-2/h4-10H,3,11H2,1-2H3,(H,20,25)(H,21,22,23). The van der Waals surface area contributed by atoms with Crippen molar-refractivity contribution in [2.24, 2.45) is 0 Å². The first-order chi connectivity index (χ1) is 14.5. The highest BCUT2D eigenvalue weighted by Gasteiger charge is 2.16. The molecule has 30 heavy (non-hydrogen) atoms. The van der Waals surface area contributed by atoms with Gasteiger partial charge in [-0.2, -0.15) is 0 Å². The molecule has 0 saturated heterocycles. The number of amides is 1. The third-order valence-corrected chi connectivity index (χ3v) is 4.75. The maximum absolute atomic E-state index is 12.2. The molecule has 2 N–H and O–H groups in total. The summed E-state index contributed by atoms with van der Waals surface area (Å²) in [5, 5.41) is 21.0. The molecule has 1 amide bonds. The summed E-state index contributed by atoms with van der Waals surface area (Å²) in [6.07, 6.45) is 0. The van der Waals surface area contributed by atoms with Crippen molar-refractivity contribution in [3.8, 4) is 22.9 Å². The van der Waals surface area contributed by atoms with Gasteiger partial charge in [0.1, 0.15) is 5.75 Å². The van der Waals surface area contributed by atoms with E-state index in [4.69, 9.17) is 9.47 Å². The van der Waals surface area contributed by atoms with Crippen LogP contribution in [0.1, 0.15) is 6.92 Å². The minimum atomic E-state index is -0.551. The van der Waals surface area contributed by atoms with Crippen LogP contribution in [0.4, 0.5) is 11.4 Å². The second kappa shape index (κ2) is 9.74. The molecule has 0 aliphatic rings. The van der Waals surface area contributed by atoms with Crippen molar-refractivity contribution in [2.45, 2.75) is 12.1 Å². The van der Waals surface area contributed by atoms with Crippen LogP contribution < -0.4 is 14.8 Å². The van der Waals surface area contributed by atoms with E-state index in [1.807, 2.05) is 31.2 Å². The number of nitro benzene ring substituents is 1. The molecule has 10 nitrogen and oxygen atoms in total. The Kier molecular flexibility index (Phi) is 6.86. The highest BCUT2D eigenvalue weighted by atomic mass is 32.2. The lowest BCUT2D eigenvalue weighted by atomic mass is 10.2. The number of nitrogens with zero attached hydrogens (tertiary/aromatic N) is 3. The fourth-order valence-corrected chi connectivity index (χ4v) is 3.21. The molecule has 0 fully saturated rings. The number of aromatic nitrogens is 3. The number of hydrogen-bond acceptors (Lipinski definition) is 8. The highest BCUT2D eigenvalue weighted by Crippen LogP contribution is 2.30. The largest absolute Gasteiger partial charge is 0.493 e. The summed E-state index contributed by atoms with van der Waals surface area (Å²) in [5.41, 5.74) is 0.996. The van der Waals surface area contributed by atoms with Gasteiger partial charge < -0.3 is 14.8 Å². The van der Waals surface area contributed by atoms with Gasteiger partial charge in [-0.05, 0) is 25.1 Å². The Morgan fingerprint density at radius 1 is 1.27 bits per heavy atom. The first-order valence-corrected chi connectivity index (χ1v) is 9.90. The Labute approximate surface area is 176 Å². The number of carbonyl (C=O) groups is 1. The van der Waals surface area contributed by atoms with Crippen LogP contribution in [0, 0.1) is 10.1 Å². The van der Waals surface area contributed by atoms with Crippen LogP contribution in [0.2, 0.25) is 0 Å². The van der Waals surface area contributed by atoms with E-state index in [1.54, 1.807) is 0 Å². The molecule has 0 aliphatic carbocycles. The molecule has 0 bridgehead atoms. The summed E-state index contributed by atoms with van der Waals surface area (Å²) in [5.74, 6) is 1.05. The first-order valence-electron chi connectivity index (χ1n) is 8.91. The van der Waals surface area contributed by atoms with Crippen LogP contribution in [0.15, 0.2) is 47.6 Å². The van der Waals surface area contributed by atoms with Gasteiger partial charge in [0.25, 0.3) is 0 Å². The lowest BCUT2D eigenvalue weighted by Gasteiger charge is -2.07. The fraction of sp³-hybridized carbons (Fsp3) is 0.211. The van der Waals surface area contributed by atoms with Gasteiger partial charge in [-0.3, -0.25) is 20.0 Å². The number of ether oxygens (including phenoxy) is 2. The molecule has 0 unspecified atom stereocenters. The molecule has 0 aliphatic heterocycles. The van der Waals surface area contributed by atoms with Crippen LogP contribution in [0.5, 0.6) is 11.5 Å². The number of rotatable bonds is 9. The quantitative estimate of drug-likeness (QED) is 0.300. The zero-order chi connectivity index (χ0) is 21.5. The lowest BCUT2D eigenvalue weighted by Crippen LogP contribution is -2.14. The van der Waals surface area contributed by atoms with E-state index in [2.05, 4.69) is 20.5 Å². The fourth-order valence-electron chi connectivity index (χ4n) is 2.61. The number of anilines is 1. The average Bonchev–Trinajstić information content (AvgIpc) is 3.21. The molecule has 0 spiro atoms. The lowest BCUT2D eigenvalue weighted by molar-refractivity contribution is -0.385. The minimum absolute atomic E-state index is 0.0592. The van der Waals surface area contributed by atoms with Crippen LogP contribution in [0.25, 0.3) is 11.4 Å². The summed E-state index contributed by atoms with van der Waals surface area (Å²) in [6, 6.07) is 11.6. The van der Waals surface area contributed by atoms with Crippen LogP contribution in [-0.4, -0.2) is 45.5 Å². The van der Waals surface area contributed by atoms with Crippen LogP contribution in [-0.2, 0) is 4.79 Å². The van der Waals surface area contributed by atoms with E-state index in [1.165, 1.54) is 25.3 Å². The number of methoxy groups -OCH3 is 1. The first kappa shape index (κ1) is 21.1. The van der Waals surface area contributed by atoms with E-state index >= 15 is 0 Å². The molecule has 3 aromatic rings. The summed E-state index contributed by atoms with van der Waals surface area (Å²) in [7, 11) is 1.33. The van der Waals surface area contributed by atoms with Crippen molar-refractivity contribution in [3.05, 3.63) is 52.6 Å². The molecule has 1 heterocycles. The van der Waals surface area contributed by atoms with Crippen molar-refractivity contribution in [3.63, 3.8) is 0 Å². The van der Waals surface area contributed by atoms with Gasteiger partial charge >= 0.3 is 5.69 Å². The van der Waals surface area contributed by atoms with E-state index in [9.17, 15) is 14.9 Å². The SMILES string of the molecule is CCOc1ccccc1-c1nc(SCC(=O)Nc2ccc([N+](=O)[O-])c(OC)c2)n[nH]1. The van der Waals surface area contributed by atoms with Gasteiger partial charge in [0.15, 0.2) is 11.6 Å². The Morgan fingerprint density at radius 3 is 2.80 bits per heavy atom. The monoisotopic (exact) mass is 429 g/mol. The van der Waals surface area contributed by atoms with E-state index < -0.39 is 4.92 Å². The van der Waals surface area contributed by atoms with Crippen molar-refractivity contribution < 1.29 is 19.2 Å². The van der Waals surface area contributed by atoms with Crippen LogP contribution in [0.3, 0.4) is 0 Å². The van der Waals surface area contributed by atoms with Gasteiger partial charge in [0, 0.05) is 17.8 Å². The molecule has 3 rings (SSSR count). The molecule has 156 valence electrons. The molecule has 2 aromatic carbocycles. The average molecular weight is 429 g/mol. The number of nitrogens with one attached hydrogen (secondary N) is 2. The maximum atomic E-state index is 12.2. The maximum Gasteiger partial charge on any atom is 0.311 e. The number of hydrogen-bond donors (Lipinski definition) is 2. The highest BCUT2D eigenvalue weighted by molar-refractivity contribution is 7.99. The molecule has 0 radical (unpaired) electrons. The minimum Gasteiger partial charge on any atom is -0.493 e. The Bertz CT molecular complexity index is 1060. The third-order valence-electron chi connectivity index (χ3n) is 3.90. The number of thioether (sulfide) groups is 1. The van der Waals surface area contributed by atoms with Crippen LogP contribution >= 0.6 is 11.8 Å². The zero-order valence-electron chi connectivity index (χ0n) is 16.2. The second-order valence-electron chi connectivity index (χ2n) is 5.88. The summed E-state index contributed by atoms with van der Waals surface area (Å²) in [6.45, 7) is 2.43. The Hall–Kier alpha value is -3.60. The van der Waals surface area contributed by atoms with E-state index in [-0.39, 0.29) is 23.1 Å². The van der Waals surface area contributed by atoms with Gasteiger partial charge in [-0.1, -0.05) is 23.9 Å². The topological polar surface area (TPSA) is 132 Å². The number of benzene rings is 2. The van der Waals surface area contributed by atoms with Crippen molar-refractivity contribution in [1.29, 1.82) is 0 Å². The summed E-state index contributed by atoms with van der Waals surface area (Å²) >= 11 is 1.15. The summed E-state index contributed by atoms with van der Waals surface area (Å²) in [4.78, 5) is 27.0. The van der Waals surface area contributed by atoms with Gasteiger partial charge in [0.05, 0.1) is 30.0 Å². The normalized spacial score (nSPS) is 10.5. The van der Waals surface area contributed by atoms with Crippen molar-refractivity contribution in [2.75, 3.05) is 24.8 Å². The molecular weight excluding hydrogens is 410 g/mol. The smallest absolute Gasteiger partial charge is 0.311 e. The van der Waals surface area contributed by atoms with Crippen molar-refractivity contribution in [1.82, 2.24) is 15.2 Å². The molecule has 0 atom stereocenters. The Morgan fingerprint density at radius 2 is 2.07 bits per heavy atom. The number of para-hydroxylation sites is 1. The number of nitro groups is 1. The molecular formula is C19H19N5O5S. The van der Waals surface area contributed by atoms with Gasteiger partial charge in [-0.25, -0.2) is 4.98 Å². The number of carbonyl (C=O) groups excluding carboxylic acids is 1. The van der Waals surface area contributed by atoms with Crippen molar-refractivity contribution >= 4 is 29.0 Å². The van der Waals surface area contributed by atoms with Gasteiger partial charge in [-0.15, -0.1) is 5.10 Å². The second-order valence-corrected chi connectivity index (χ2v) is 6.82. The predicted molar refractivity (Wildman–Crippen MR) is 112 cm³/mol. The third kappa shape index (κ3) is 5.06. The zero-order valence-corrected chi connectivity index (χ0v) is 17.1. The Balaban J connectivity index is 1.62. The van der Waals surface area contributed by atoms with Gasteiger partial charge in [0.2, 0.25) is 11.1 Å². The molecule has 11 heteroatoms. The van der Waals surface area contributed by atoms with E-state index in [0.29, 0.717) is 29.0 Å². The number of aromatic amines is 1.